The van der Waals surface area contributed by atoms with Crippen molar-refractivity contribution in [3.8, 4) is 5.69 Å². The van der Waals surface area contributed by atoms with Crippen molar-refractivity contribution in [3.05, 3.63) is 58.9 Å². The molecular weight excluding hydrogens is 452 g/mol. The summed E-state index contributed by atoms with van der Waals surface area (Å²) >= 11 is 6.92. The fourth-order valence-corrected chi connectivity index (χ4v) is 4.65. The number of piperazine rings is 1. The summed E-state index contributed by atoms with van der Waals surface area (Å²) in [5.41, 5.74) is 2.51. The van der Waals surface area contributed by atoms with Gasteiger partial charge in [0.1, 0.15) is 16.4 Å². The minimum atomic E-state index is -0.556. The molecule has 2 amide bonds. The number of rotatable bonds is 4. The van der Waals surface area contributed by atoms with Gasteiger partial charge in [-0.3, -0.25) is 9.36 Å². The molecule has 1 saturated heterocycles. The van der Waals surface area contributed by atoms with E-state index in [1.54, 1.807) is 16.0 Å². The van der Waals surface area contributed by atoms with E-state index in [2.05, 4.69) is 11.9 Å². The van der Waals surface area contributed by atoms with E-state index in [9.17, 15) is 9.59 Å². The van der Waals surface area contributed by atoms with Crippen molar-refractivity contribution in [1.82, 2.24) is 19.4 Å². The van der Waals surface area contributed by atoms with Gasteiger partial charge in [-0.1, -0.05) is 43.1 Å². The van der Waals surface area contributed by atoms with Crippen LogP contribution in [-0.4, -0.2) is 63.1 Å². The first-order valence-corrected chi connectivity index (χ1v) is 12.1. The summed E-state index contributed by atoms with van der Waals surface area (Å²) in [5, 5.41) is 1.16. The zero-order valence-corrected chi connectivity index (χ0v) is 20.9. The third-order valence-electron chi connectivity index (χ3n) is 5.85. The van der Waals surface area contributed by atoms with E-state index in [-0.39, 0.29) is 12.0 Å². The van der Waals surface area contributed by atoms with Gasteiger partial charge in [-0.2, -0.15) is 0 Å². The average molecular weight is 483 g/mol. The number of benzene rings is 1. The molecule has 4 rings (SSSR count). The molecule has 2 aromatic heterocycles. The number of carbonyl (C=O) groups excluding carboxylic acids is 2. The summed E-state index contributed by atoms with van der Waals surface area (Å²) in [4.78, 5) is 34.3. The van der Waals surface area contributed by atoms with Crippen LogP contribution in [0.3, 0.4) is 0 Å². The van der Waals surface area contributed by atoms with E-state index in [1.165, 1.54) is 0 Å². The number of fused-ring (bicyclic) bond motifs is 1. The highest BCUT2D eigenvalue weighted by Crippen LogP contribution is 2.35. The van der Waals surface area contributed by atoms with Crippen molar-refractivity contribution >= 4 is 34.6 Å². The first-order chi connectivity index (χ1) is 16.2. The lowest BCUT2D eigenvalue weighted by Gasteiger charge is -2.35. The number of nitrogens with zero attached hydrogens (tertiary/aromatic N) is 4. The third-order valence-corrected chi connectivity index (χ3v) is 6.21. The highest BCUT2D eigenvalue weighted by molar-refractivity contribution is 6.36. The molecule has 0 unspecified atom stereocenters. The second kappa shape index (κ2) is 9.66. The van der Waals surface area contributed by atoms with Gasteiger partial charge in [0.05, 0.1) is 5.56 Å². The number of halogens is 1. The summed E-state index contributed by atoms with van der Waals surface area (Å²) in [6.45, 7) is 9.29. The van der Waals surface area contributed by atoms with E-state index in [4.69, 9.17) is 16.3 Å². The van der Waals surface area contributed by atoms with Crippen molar-refractivity contribution < 1.29 is 14.3 Å². The lowest BCUT2D eigenvalue weighted by molar-refractivity contribution is 0.0141. The number of amides is 2. The molecule has 3 heterocycles. The lowest BCUT2D eigenvalue weighted by Crippen LogP contribution is -2.51. The summed E-state index contributed by atoms with van der Waals surface area (Å²) < 4.78 is 7.33. The minimum Gasteiger partial charge on any atom is -0.444 e. The molecule has 0 N–H and O–H groups in total. The van der Waals surface area contributed by atoms with Gasteiger partial charge < -0.3 is 14.5 Å². The molecule has 1 aliphatic rings. The second-order valence-corrected chi connectivity index (χ2v) is 9.87. The predicted molar refractivity (Wildman–Crippen MR) is 134 cm³/mol. The highest BCUT2D eigenvalue weighted by Gasteiger charge is 2.32. The van der Waals surface area contributed by atoms with Crippen LogP contribution in [0.15, 0.2) is 42.6 Å². The van der Waals surface area contributed by atoms with E-state index >= 15 is 0 Å². The van der Waals surface area contributed by atoms with Gasteiger partial charge >= 0.3 is 6.09 Å². The zero-order chi connectivity index (χ0) is 24.5. The van der Waals surface area contributed by atoms with Crippen molar-refractivity contribution in [3.63, 3.8) is 0 Å². The number of carbonyl (C=O) groups is 2. The molecule has 0 saturated carbocycles. The van der Waals surface area contributed by atoms with Gasteiger partial charge in [0.2, 0.25) is 0 Å². The van der Waals surface area contributed by atoms with E-state index in [0.717, 1.165) is 29.5 Å². The monoisotopic (exact) mass is 482 g/mol. The van der Waals surface area contributed by atoms with Crippen LogP contribution in [-0.2, 0) is 11.2 Å². The molecule has 3 aromatic rings. The van der Waals surface area contributed by atoms with Gasteiger partial charge in [0.25, 0.3) is 5.91 Å². The van der Waals surface area contributed by atoms with Crippen LogP contribution in [0.1, 0.15) is 50.0 Å². The smallest absolute Gasteiger partial charge is 0.410 e. The van der Waals surface area contributed by atoms with Crippen molar-refractivity contribution in [2.75, 3.05) is 26.2 Å². The Hall–Kier alpha value is -3.06. The Morgan fingerprint density at radius 2 is 1.68 bits per heavy atom. The Bertz CT molecular complexity index is 1190. The summed E-state index contributed by atoms with van der Waals surface area (Å²) in [6.07, 6.45) is 3.18. The topological polar surface area (TPSA) is 67.7 Å². The number of ether oxygens (including phenoxy) is 1. The maximum Gasteiger partial charge on any atom is 0.410 e. The van der Waals surface area contributed by atoms with E-state index in [1.807, 2.05) is 61.7 Å². The maximum absolute atomic E-state index is 13.8. The molecule has 7 nitrogen and oxygen atoms in total. The third kappa shape index (κ3) is 4.75. The zero-order valence-electron chi connectivity index (χ0n) is 20.2. The van der Waals surface area contributed by atoms with Gasteiger partial charge in [0, 0.05) is 43.4 Å². The Labute approximate surface area is 205 Å². The molecule has 1 aliphatic heterocycles. The molecule has 1 aromatic carbocycles. The van der Waals surface area contributed by atoms with Crippen LogP contribution in [0.2, 0.25) is 5.15 Å². The van der Waals surface area contributed by atoms with Crippen LogP contribution in [0.25, 0.3) is 16.7 Å². The fraction of sp³-hybridized carbons (Fsp3) is 0.423. The van der Waals surface area contributed by atoms with Crippen molar-refractivity contribution in [2.45, 2.75) is 46.1 Å². The SMILES string of the molecule is CCCc1ccnc2c1c(C(=O)N1CCN(C(=O)OC(C)(C)C)CC1)c(Cl)n2-c1ccccc1. The minimum absolute atomic E-state index is 0.140. The normalized spacial score (nSPS) is 14.5. The summed E-state index contributed by atoms with van der Waals surface area (Å²) in [6, 6.07) is 11.7. The lowest BCUT2D eigenvalue weighted by atomic mass is 10.0. The molecule has 180 valence electrons. The molecule has 0 atom stereocenters. The molecule has 1 fully saturated rings. The molecule has 0 aliphatic carbocycles. The number of aromatic nitrogens is 2. The summed E-state index contributed by atoms with van der Waals surface area (Å²) in [5.74, 6) is -0.140. The van der Waals surface area contributed by atoms with Gasteiger partial charge in [-0.15, -0.1) is 0 Å². The number of aryl methyl sites for hydroxylation is 1. The van der Waals surface area contributed by atoms with Crippen LogP contribution >= 0.6 is 11.6 Å². The predicted octanol–water partition coefficient (Wildman–Crippen LogP) is 5.32. The molecule has 0 radical (unpaired) electrons. The average Bonchev–Trinajstić information content (AvgIpc) is 3.11. The molecule has 0 bridgehead atoms. The van der Waals surface area contributed by atoms with E-state index in [0.29, 0.717) is 42.5 Å². The fourth-order valence-electron chi connectivity index (χ4n) is 4.30. The van der Waals surface area contributed by atoms with Crippen LogP contribution in [0.5, 0.6) is 0 Å². The van der Waals surface area contributed by atoms with Crippen LogP contribution in [0, 0.1) is 0 Å². The maximum atomic E-state index is 13.8. The van der Waals surface area contributed by atoms with Gasteiger partial charge in [-0.25, -0.2) is 9.78 Å². The Kier molecular flexibility index (Phi) is 6.84. The Balaban J connectivity index is 1.68. The van der Waals surface area contributed by atoms with Crippen molar-refractivity contribution in [2.24, 2.45) is 0 Å². The van der Waals surface area contributed by atoms with E-state index < -0.39 is 5.60 Å². The molecule has 8 heteroatoms. The van der Waals surface area contributed by atoms with Gasteiger partial charge in [-0.05, 0) is 51.0 Å². The van der Waals surface area contributed by atoms with Crippen LogP contribution in [0.4, 0.5) is 4.79 Å². The standard InChI is InChI=1S/C26H31ClN4O3/c1-5-9-18-12-13-28-23-20(18)21(22(27)31(23)19-10-7-6-8-11-19)24(32)29-14-16-30(17-15-29)25(33)34-26(2,3)4/h6-8,10-13H,5,9,14-17H2,1-4H3. The van der Waals surface area contributed by atoms with Gasteiger partial charge in [0.15, 0.2) is 0 Å². The first-order valence-electron chi connectivity index (χ1n) is 11.7. The highest BCUT2D eigenvalue weighted by atomic mass is 35.5. The number of hydrogen-bond acceptors (Lipinski definition) is 4. The molecule has 0 spiro atoms. The molecule has 34 heavy (non-hydrogen) atoms. The first kappa shape index (κ1) is 24.1. The molecular formula is C26H31ClN4O3. The Morgan fingerprint density at radius 3 is 2.29 bits per heavy atom. The quantitative estimate of drug-likeness (QED) is 0.504. The summed E-state index contributed by atoms with van der Waals surface area (Å²) in [7, 11) is 0. The number of hydrogen-bond donors (Lipinski definition) is 0. The largest absolute Gasteiger partial charge is 0.444 e. The number of para-hydroxylation sites is 1. The Morgan fingerprint density at radius 1 is 1.03 bits per heavy atom. The van der Waals surface area contributed by atoms with Crippen LogP contribution < -0.4 is 0 Å². The second-order valence-electron chi connectivity index (χ2n) is 9.52. The van der Waals surface area contributed by atoms with Crippen molar-refractivity contribution in [1.29, 1.82) is 0 Å². The number of pyridine rings is 1.